The number of halogens is 1. The van der Waals surface area contributed by atoms with Crippen molar-refractivity contribution in [2.45, 2.75) is 31.8 Å². The van der Waals surface area contributed by atoms with Gasteiger partial charge in [0.1, 0.15) is 4.60 Å². The number of nitrogens with zero attached hydrogens (tertiary/aromatic N) is 2. The van der Waals surface area contributed by atoms with Gasteiger partial charge in [0.15, 0.2) is 0 Å². The maximum atomic E-state index is 11.9. The van der Waals surface area contributed by atoms with Gasteiger partial charge in [-0.3, -0.25) is 9.69 Å². The number of pyridine rings is 1. The molecule has 1 N–H and O–H groups in total. The first-order chi connectivity index (χ1) is 8.58. The van der Waals surface area contributed by atoms with Gasteiger partial charge in [0.2, 0.25) is 0 Å². The number of hydrogen-bond acceptors (Lipinski definition) is 3. The van der Waals surface area contributed by atoms with E-state index in [1.54, 1.807) is 18.3 Å². The molecule has 5 heteroatoms. The molecule has 0 radical (unpaired) electrons. The Kier molecular flexibility index (Phi) is 4.35. The van der Waals surface area contributed by atoms with Crippen molar-refractivity contribution in [1.29, 1.82) is 0 Å². The molecule has 0 aliphatic heterocycles. The van der Waals surface area contributed by atoms with Crippen molar-refractivity contribution in [2.75, 3.05) is 13.6 Å². The molecule has 4 nitrogen and oxygen atoms in total. The number of likely N-dealkylation sites (N-methyl/N-ethyl adjacent to an activating group) is 1. The van der Waals surface area contributed by atoms with Crippen LogP contribution >= 0.6 is 15.9 Å². The molecule has 1 aliphatic rings. The van der Waals surface area contributed by atoms with Gasteiger partial charge < -0.3 is 5.32 Å². The molecule has 0 saturated heterocycles. The molecule has 1 aliphatic carbocycles. The lowest BCUT2D eigenvalue weighted by molar-refractivity contribution is 0.0939. The molecule has 1 atom stereocenters. The number of carbonyl (C=O) groups excluding carboxylic acids is 1. The summed E-state index contributed by atoms with van der Waals surface area (Å²) in [7, 11) is 2.12. The average Bonchev–Trinajstić information content (AvgIpc) is 3.18. The minimum absolute atomic E-state index is 0.0471. The van der Waals surface area contributed by atoms with Crippen molar-refractivity contribution in [3.8, 4) is 0 Å². The Bertz CT molecular complexity index is 434. The highest BCUT2D eigenvalue weighted by atomic mass is 79.9. The fourth-order valence-electron chi connectivity index (χ4n) is 1.87. The largest absolute Gasteiger partial charge is 0.350 e. The van der Waals surface area contributed by atoms with E-state index < -0.39 is 0 Å². The molecule has 1 saturated carbocycles. The molecule has 18 heavy (non-hydrogen) atoms. The predicted molar refractivity (Wildman–Crippen MR) is 74.5 cm³/mol. The molecule has 0 aromatic carbocycles. The van der Waals surface area contributed by atoms with Crippen LogP contribution in [0.2, 0.25) is 0 Å². The monoisotopic (exact) mass is 311 g/mol. The summed E-state index contributed by atoms with van der Waals surface area (Å²) >= 11 is 3.26. The van der Waals surface area contributed by atoms with Crippen LogP contribution in [0.3, 0.4) is 0 Å². The molecule has 98 valence electrons. The Morgan fingerprint density at radius 2 is 2.39 bits per heavy atom. The van der Waals surface area contributed by atoms with E-state index in [-0.39, 0.29) is 5.91 Å². The highest BCUT2D eigenvalue weighted by molar-refractivity contribution is 9.10. The smallest absolute Gasteiger partial charge is 0.251 e. The number of nitrogens with one attached hydrogen (secondary N) is 1. The lowest BCUT2D eigenvalue weighted by Gasteiger charge is -2.24. The quantitative estimate of drug-likeness (QED) is 0.847. The van der Waals surface area contributed by atoms with E-state index in [2.05, 4.69) is 45.1 Å². The van der Waals surface area contributed by atoms with Gasteiger partial charge in [-0.2, -0.15) is 0 Å². The first-order valence-electron chi connectivity index (χ1n) is 6.19. The summed E-state index contributed by atoms with van der Waals surface area (Å²) in [4.78, 5) is 18.3. The summed E-state index contributed by atoms with van der Waals surface area (Å²) < 4.78 is 0.679. The van der Waals surface area contributed by atoms with Gasteiger partial charge in [0, 0.05) is 30.4 Å². The zero-order chi connectivity index (χ0) is 13.1. The Labute approximate surface area is 116 Å². The van der Waals surface area contributed by atoms with Crippen LogP contribution < -0.4 is 5.32 Å². The maximum absolute atomic E-state index is 11.9. The fraction of sp³-hybridized carbons (Fsp3) is 0.538. The fourth-order valence-corrected chi connectivity index (χ4v) is 2.24. The normalized spacial score (nSPS) is 16.7. The average molecular weight is 312 g/mol. The van der Waals surface area contributed by atoms with E-state index in [0.29, 0.717) is 28.8 Å². The number of rotatable bonds is 5. The lowest BCUT2D eigenvalue weighted by Crippen LogP contribution is -2.41. The van der Waals surface area contributed by atoms with Crippen LogP contribution in [-0.2, 0) is 0 Å². The third-order valence-corrected chi connectivity index (χ3v) is 3.80. The predicted octanol–water partition coefficient (Wildman–Crippen LogP) is 2.06. The van der Waals surface area contributed by atoms with E-state index in [1.807, 2.05) is 0 Å². The van der Waals surface area contributed by atoms with E-state index in [4.69, 9.17) is 0 Å². The van der Waals surface area contributed by atoms with E-state index >= 15 is 0 Å². The molecule has 0 bridgehead atoms. The Morgan fingerprint density at radius 3 is 3.00 bits per heavy atom. The van der Waals surface area contributed by atoms with Crippen LogP contribution in [0.1, 0.15) is 30.1 Å². The Balaban J connectivity index is 1.84. The van der Waals surface area contributed by atoms with E-state index in [1.165, 1.54) is 12.8 Å². The lowest BCUT2D eigenvalue weighted by atomic mass is 10.2. The minimum atomic E-state index is -0.0471. The van der Waals surface area contributed by atoms with Crippen molar-refractivity contribution >= 4 is 21.8 Å². The zero-order valence-electron chi connectivity index (χ0n) is 10.7. The van der Waals surface area contributed by atoms with Crippen molar-refractivity contribution in [1.82, 2.24) is 15.2 Å². The van der Waals surface area contributed by atoms with Crippen molar-refractivity contribution in [3.05, 3.63) is 28.5 Å². The first kappa shape index (κ1) is 13.5. The van der Waals surface area contributed by atoms with Crippen LogP contribution in [0.5, 0.6) is 0 Å². The number of aromatic nitrogens is 1. The van der Waals surface area contributed by atoms with Gasteiger partial charge in [-0.25, -0.2) is 4.98 Å². The molecule has 0 spiro atoms. The van der Waals surface area contributed by atoms with Crippen molar-refractivity contribution in [3.63, 3.8) is 0 Å². The molecular formula is C13H18BrN3O. The van der Waals surface area contributed by atoms with Crippen LogP contribution in [0.15, 0.2) is 22.9 Å². The van der Waals surface area contributed by atoms with Crippen molar-refractivity contribution in [2.24, 2.45) is 0 Å². The van der Waals surface area contributed by atoms with Crippen molar-refractivity contribution < 1.29 is 4.79 Å². The van der Waals surface area contributed by atoms with Gasteiger partial charge >= 0.3 is 0 Å². The minimum Gasteiger partial charge on any atom is -0.350 e. The van der Waals surface area contributed by atoms with Crippen LogP contribution in [0.25, 0.3) is 0 Å². The summed E-state index contributed by atoms with van der Waals surface area (Å²) in [5.41, 5.74) is 0.637. The zero-order valence-corrected chi connectivity index (χ0v) is 12.3. The Morgan fingerprint density at radius 1 is 1.67 bits per heavy atom. The molecular weight excluding hydrogens is 294 g/mol. The van der Waals surface area contributed by atoms with E-state index in [0.717, 1.165) is 0 Å². The van der Waals surface area contributed by atoms with Gasteiger partial charge in [-0.1, -0.05) is 0 Å². The van der Waals surface area contributed by atoms with Crippen LogP contribution in [0, 0.1) is 0 Å². The third kappa shape index (κ3) is 3.53. The Hall–Kier alpha value is -0.940. The first-order valence-corrected chi connectivity index (χ1v) is 6.99. The number of amides is 1. The molecule has 1 amide bonds. The number of carbonyl (C=O) groups is 1. The molecule has 1 aromatic rings. The number of hydrogen-bond donors (Lipinski definition) is 1. The SMILES string of the molecule is CC(CNC(=O)c1ccnc(Br)c1)N(C)C1CC1. The molecule has 1 aromatic heterocycles. The van der Waals surface area contributed by atoms with Crippen LogP contribution in [-0.4, -0.2) is 41.5 Å². The topological polar surface area (TPSA) is 45.2 Å². The second-order valence-electron chi connectivity index (χ2n) is 4.82. The van der Waals surface area contributed by atoms with E-state index in [9.17, 15) is 4.79 Å². The summed E-state index contributed by atoms with van der Waals surface area (Å²) in [6.45, 7) is 2.81. The maximum Gasteiger partial charge on any atom is 0.251 e. The van der Waals surface area contributed by atoms with Gasteiger partial charge in [-0.05, 0) is 54.9 Å². The van der Waals surface area contributed by atoms with Crippen LogP contribution in [0.4, 0.5) is 0 Å². The third-order valence-electron chi connectivity index (χ3n) is 3.36. The second kappa shape index (κ2) is 5.80. The highest BCUT2D eigenvalue weighted by Gasteiger charge is 2.29. The summed E-state index contributed by atoms with van der Waals surface area (Å²) in [5, 5.41) is 2.96. The van der Waals surface area contributed by atoms with Gasteiger partial charge in [0.05, 0.1) is 0 Å². The standard InChI is InChI=1S/C13H18BrN3O/c1-9(17(2)11-3-4-11)8-16-13(18)10-5-6-15-12(14)7-10/h5-7,9,11H,3-4,8H2,1-2H3,(H,16,18). The molecule has 1 unspecified atom stereocenters. The molecule has 1 fully saturated rings. The molecule has 1 heterocycles. The van der Waals surface area contributed by atoms with Gasteiger partial charge in [-0.15, -0.1) is 0 Å². The second-order valence-corrected chi connectivity index (χ2v) is 5.64. The molecule has 2 rings (SSSR count). The summed E-state index contributed by atoms with van der Waals surface area (Å²) in [6, 6.07) is 4.53. The summed E-state index contributed by atoms with van der Waals surface area (Å²) in [6.07, 6.45) is 4.19. The summed E-state index contributed by atoms with van der Waals surface area (Å²) in [5.74, 6) is -0.0471. The highest BCUT2D eigenvalue weighted by Crippen LogP contribution is 2.26. The van der Waals surface area contributed by atoms with Gasteiger partial charge in [0.25, 0.3) is 5.91 Å².